The molecule has 6 aromatic carbocycles. The van der Waals surface area contributed by atoms with Crippen LogP contribution >= 0.6 is 0 Å². The van der Waals surface area contributed by atoms with Crippen molar-refractivity contribution < 1.29 is 62.1 Å². The predicted octanol–water partition coefficient (Wildman–Crippen LogP) is 22.3. The van der Waals surface area contributed by atoms with E-state index < -0.39 is 79.6 Å². The highest BCUT2D eigenvalue weighted by atomic mass is 19.1. The van der Waals surface area contributed by atoms with Gasteiger partial charge in [-0.15, -0.1) is 0 Å². The fourth-order valence-corrected chi connectivity index (χ4v) is 13.3. The highest BCUT2D eigenvalue weighted by Crippen LogP contribution is 2.42. The molecule has 12 heteroatoms. The monoisotopic (exact) mass is 1350 g/mol. The van der Waals surface area contributed by atoms with Crippen molar-refractivity contribution >= 4 is 66.2 Å². The lowest BCUT2D eigenvalue weighted by Gasteiger charge is -2.16. The van der Waals surface area contributed by atoms with E-state index in [0.29, 0.717) is 33.9 Å². The highest BCUT2D eigenvalue weighted by Gasteiger charge is 2.27. The summed E-state index contributed by atoms with van der Waals surface area (Å²) in [6, 6.07) is 47.1. The molecule has 0 bridgehead atoms. The van der Waals surface area contributed by atoms with Crippen LogP contribution in [0.5, 0.6) is 0 Å². The molecule has 15 aromatic rings. The molecular weight excluding hydrogens is 1250 g/mol. The van der Waals surface area contributed by atoms with Crippen LogP contribution in [0.1, 0.15) is 151 Å². The molecule has 100 heavy (non-hydrogen) atoms. The van der Waals surface area contributed by atoms with Gasteiger partial charge in [0.05, 0.1) is 16.7 Å². The SMILES string of the molecule is [2H]C([2H])([2H])C([2H])(C)Cc1cc(-c2ccc(-c3c(C)ccc4c3oc3nc(C)ccc34)[n+](C)c2)ccc1F.[2H]C([2H])([2H])C([2H])(C)c1cc(-c2ccc(-c3c(C)ccc4c3oc3nc(C)ccc34)[n+](C)c2)cc(C([2H])(C)C([2H])([2H])[2H])c1F.[2H]C([2H])([2H])C([2H])(C)c1cc(-c2ccc(-c3c(C)ccc4c3oc3nc(C)ccc34)[n+](C)c2)ccc1F. The minimum atomic E-state index is -2.92. The summed E-state index contributed by atoms with van der Waals surface area (Å²) in [7, 11) is 5.69. The maximum absolute atomic E-state index is 15.9. The molecule has 9 heterocycles. The molecule has 15 rings (SSSR count). The van der Waals surface area contributed by atoms with E-state index in [1.807, 2.05) is 174 Å². The molecule has 0 aliphatic rings. The maximum Gasteiger partial charge on any atom is 0.227 e. The van der Waals surface area contributed by atoms with Crippen LogP contribution in [-0.4, -0.2) is 15.0 Å². The van der Waals surface area contributed by atoms with Crippen molar-refractivity contribution in [3.63, 3.8) is 0 Å². The standard InChI is InChI=1S/C31H32FN2O.C29H28FN2O.C28H26FN2O/c1-17(2)25-14-22(15-26(18(3)4)29(25)32)21-10-13-27(34(7)16-21)28-19(5)8-11-23-24-12-9-20(6)33-31(24)35-30(23)28;1-17(2)14-22-15-20(8-12-25(22)30)21-9-13-26(32(5)16-21)27-18(3)6-10-23-24-11-7-19(4)31-29(24)33-28(23)27;1-16(2)23-14-19(8-12-24(23)29)20-9-13-25(31(5)15-20)26-17(3)6-10-21-22-11-7-18(4)30-28(22)32-27(21)26/h8-18H,1-7H3;6-13,15-17H,14H2,1-5H3;6-16H,1-5H3/q3*+1/i1D3,3D3,17D,18D;1D3,17D;1D3,16D. The van der Waals surface area contributed by atoms with Crippen molar-refractivity contribution in [1.82, 2.24) is 15.0 Å². The molecule has 0 saturated carbocycles. The molecule has 0 N–H and O–H groups in total. The number of aryl methyl sites for hydroxylation is 9. The molecule has 0 radical (unpaired) electrons. The number of aromatic nitrogens is 6. The van der Waals surface area contributed by atoms with Crippen LogP contribution < -0.4 is 13.7 Å². The Morgan fingerprint density at radius 1 is 0.380 bits per heavy atom. The van der Waals surface area contributed by atoms with Gasteiger partial charge in [-0.05, 0) is 218 Å². The summed E-state index contributed by atoms with van der Waals surface area (Å²) in [4.78, 5) is 13.6. The van der Waals surface area contributed by atoms with Crippen molar-refractivity contribution in [2.24, 2.45) is 27.0 Å². The fourth-order valence-electron chi connectivity index (χ4n) is 13.3. The largest absolute Gasteiger partial charge is 0.437 e. The Morgan fingerprint density at radius 3 is 1.10 bits per heavy atom. The Balaban J connectivity index is 0.000000152. The molecule has 9 nitrogen and oxygen atoms in total. The van der Waals surface area contributed by atoms with Gasteiger partial charge in [0.25, 0.3) is 0 Å². The van der Waals surface area contributed by atoms with Crippen LogP contribution in [0.3, 0.4) is 0 Å². The number of pyridine rings is 6. The quantitative estimate of drug-likeness (QED) is 0.120. The zero-order chi connectivity index (χ0) is 84.5. The zero-order valence-electron chi connectivity index (χ0n) is 74.0. The lowest BCUT2D eigenvalue weighted by molar-refractivity contribution is -0.660. The molecule has 4 unspecified atom stereocenters. The van der Waals surface area contributed by atoms with Crippen molar-refractivity contribution in [2.75, 3.05) is 0 Å². The van der Waals surface area contributed by atoms with E-state index in [1.54, 1.807) is 30.5 Å². The summed E-state index contributed by atoms with van der Waals surface area (Å²) < 4.78 is 197. The molecular formula is C88H86F3N6O3+3. The van der Waals surface area contributed by atoms with Gasteiger partial charge in [0.15, 0.2) is 35.3 Å². The fraction of sp³-hybridized carbons (Fsp3) is 0.250. The van der Waals surface area contributed by atoms with Gasteiger partial charge in [0.1, 0.15) is 38.6 Å². The molecule has 0 saturated heterocycles. The Hall–Kier alpha value is -10.6. The van der Waals surface area contributed by atoms with Crippen LogP contribution in [0, 0.1) is 64.9 Å². The Labute approximate surface area is 605 Å². The van der Waals surface area contributed by atoms with E-state index >= 15 is 4.39 Å². The Bertz CT molecular complexity index is 6410. The average molecular weight is 1350 g/mol. The van der Waals surface area contributed by atoms with Gasteiger partial charge in [-0.3, -0.25) is 0 Å². The van der Waals surface area contributed by atoms with Crippen LogP contribution in [0.2, 0.25) is 0 Å². The Kier molecular flexibility index (Phi) is 13.8. The lowest BCUT2D eigenvalue weighted by atomic mass is 9.90. The molecule has 504 valence electrons. The van der Waals surface area contributed by atoms with Gasteiger partial charge in [-0.25, -0.2) is 41.8 Å². The number of fused-ring (bicyclic) bond motifs is 9. The van der Waals surface area contributed by atoms with E-state index in [-0.39, 0.29) is 23.1 Å². The third-order valence-corrected chi connectivity index (χ3v) is 18.5. The Morgan fingerprint density at radius 2 is 0.720 bits per heavy atom. The van der Waals surface area contributed by atoms with Crippen molar-refractivity contribution in [2.45, 2.75) is 121 Å². The van der Waals surface area contributed by atoms with Gasteiger partial charge in [0.2, 0.25) is 34.2 Å². The number of nitrogens with zero attached hydrogens (tertiary/aromatic N) is 6. The molecule has 0 spiro atoms. The minimum absolute atomic E-state index is 0.155. The van der Waals surface area contributed by atoms with Gasteiger partial charge >= 0.3 is 0 Å². The van der Waals surface area contributed by atoms with Crippen molar-refractivity contribution in [3.8, 4) is 67.2 Å². The number of benzene rings is 6. The number of halogens is 3. The molecule has 0 fully saturated rings. The van der Waals surface area contributed by atoms with E-state index in [0.717, 1.165) is 142 Å². The van der Waals surface area contributed by atoms with Crippen LogP contribution in [0.15, 0.2) is 190 Å². The minimum Gasteiger partial charge on any atom is -0.437 e. The van der Waals surface area contributed by atoms with E-state index in [9.17, 15) is 8.78 Å². The van der Waals surface area contributed by atoms with Gasteiger partial charge in [-0.1, -0.05) is 104 Å². The summed E-state index contributed by atoms with van der Waals surface area (Å²) in [5.74, 6) is -11.1. The van der Waals surface area contributed by atoms with Gasteiger partial charge < -0.3 is 13.3 Å². The van der Waals surface area contributed by atoms with Crippen molar-refractivity contribution in [3.05, 3.63) is 250 Å². The van der Waals surface area contributed by atoms with E-state index in [2.05, 4.69) is 33.2 Å². The van der Waals surface area contributed by atoms with Crippen molar-refractivity contribution in [1.29, 1.82) is 0 Å². The number of furan rings is 3. The normalized spacial score (nSPS) is 17.0. The van der Waals surface area contributed by atoms with Crippen LogP contribution in [0.25, 0.3) is 133 Å². The van der Waals surface area contributed by atoms with Gasteiger partial charge in [0, 0.05) is 106 Å². The summed E-state index contributed by atoms with van der Waals surface area (Å²) in [6.07, 6.45) is 5.41. The van der Waals surface area contributed by atoms with E-state index in [1.165, 1.54) is 44.2 Å². The molecule has 9 aromatic heterocycles. The predicted molar refractivity (Wildman–Crippen MR) is 400 cm³/mol. The van der Waals surface area contributed by atoms with Crippen LogP contribution in [-0.2, 0) is 27.6 Å². The second-order valence-corrected chi connectivity index (χ2v) is 26.1. The van der Waals surface area contributed by atoms with Crippen LogP contribution in [0.4, 0.5) is 13.2 Å². The molecule has 4 atom stereocenters. The third-order valence-electron chi connectivity index (χ3n) is 18.5. The zero-order valence-corrected chi connectivity index (χ0v) is 58.0. The molecule has 0 aliphatic heterocycles. The summed E-state index contributed by atoms with van der Waals surface area (Å²) >= 11 is 0. The number of hydrogen-bond donors (Lipinski definition) is 0. The summed E-state index contributed by atoms with van der Waals surface area (Å²) in [6.45, 7) is 5.45. The summed E-state index contributed by atoms with van der Waals surface area (Å²) in [5, 5.41) is 5.74. The number of hydrogen-bond acceptors (Lipinski definition) is 6. The third kappa shape index (κ3) is 13.0. The second kappa shape index (κ2) is 27.3. The maximum atomic E-state index is 15.9. The first kappa shape index (κ1) is 50.7. The smallest absolute Gasteiger partial charge is 0.227 e. The summed E-state index contributed by atoms with van der Waals surface area (Å²) in [5.41, 5.74) is 18.0. The highest BCUT2D eigenvalue weighted by molar-refractivity contribution is 6.11. The first-order valence-electron chi connectivity index (χ1n) is 40.8. The van der Waals surface area contributed by atoms with E-state index in [4.69, 9.17) is 35.2 Å². The molecule has 0 amide bonds. The number of rotatable bonds is 11. The topological polar surface area (TPSA) is 89.7 Å². The second-order valence-electron chi connectivity index (χ2n) is 26.1. The first-order chi connectivity index (χ1) is 54.0. The first-order valence-corrected chi connectivity index (χ1v) is 32.8. The average Bonchev–Trinajstić information content (AvgIpc) is 1.52. The molecule has 0 aliphatic carbocycles. The van der Waals surface area contributed by atoms with Gasteiger partial charge in [-0.2, -0.15) is 0 Å². The lowest BCUT2D eigenvalue weighted by Crippen LogP contribution is -2.31.